The standard InChI is InChI=1S/C14H20Cl2N4O/c1-3-5-17-13-11(15)7-12(16)14(19-13)20-6-4-10(8-20)18-9(2)21/h7,10H,3-6,8H2,1-2H3,(H,17,19)(H,18,21). The van der Waals surface area contributed by atoms with Crippen LogP contribution in [0.2, 0.25) is 10.0 Å². The SMILES string of the molecule is CCCNc1nc(N2CCC(NC(C)=O)C2)c(Cl)cc1Cl. The lowest BCUT2D eigenvalue weighted by atomic mass is 10.2. The highest BCUT2D eigenvalue weighted by Crippen LogP contribution is 2.33. The molecule has 2 N–H and O–H groups in total. The number of amides is 1. The fourth-order valence-electron chi connectivity index (χ4n) is 2.40. The molecule has 2 rings (SSSR count). The molecule has 0 aliphatic carbocycles. The molecule has 0 bridgehead atoms. The number of aromatic nitrogens is 1. The molecule has 1 aliphatic heterocycles. The van der Waals surface area contributed by atoms with Gasteiger partial charge in [-0.3, -0.25) is 4.79 Å². The van der Waals surface area contributed by atoms with E-state index in [2.05, 4.69) is 27.4 Å². The lowest BCUT2D eigenvalue weighted by molar-refractivity contribution is -0.119. The Kier molecular flexibility index (Phi) is 5.53. The van der Waals surface area contributed by atoms with E-state index in [0.717, 1.165) is 25.9 Å². The molecule has 0 aromatic carbocycles. The Bertz CT molecular complexity index is 524. The van der Waals surface area contributed by atoms with Gasteiger partial charge >= 0.3 is 0 Å². The molecule has 1 unspecified atom stereocenters. The summed E-state index contributed by atoms with van der Waals surface area (Å²) in [4.78, 5) is 17.8. The zero-order valence-corrected chi connectivity index (χ0v) is 13.8. The van der Waals surface area contributed by atoms with Crippen LogP contribution in [0.5, 0.6) is 0 Å². The summed E-state index contributed by atoms with van der Waals surface area (Å²) in [5.74, 6) is 1.36. The van der Waals surface area contributed by atoms with Crippen LogP contribution in [-0.2, 0) is 4.79 Å². The monoisotopic (exact) mass is 330 g/mol. The van der Waals surface area contributed by atoms with Crippen LogP contribution in [0.15, 0.2) is 6.07 Å². The number of carbonyl (C=O) groups excluding carboxylic acids is 1. The van der Waals surface area contributed by atoms with Crippen molar-refractivity contribution in [1.29, 1.82) is 0 Å². The summed E-state index contributed by atoms with van der Waals surface area (Å²) >= 11 is 12.4. The van der Waals surface area contributed by atoms with Crippen molar-refractivity contribution in [3.63, 3.8) is 0 Å². The number of hydrogen-bond acceptors (Lipinski definition) is 4. The molecular formula is C14H20Cl2N4O. The van der Waals surface area contributed by atoms with Gasteiger partial charge in [0.15, 0.2) is 0 Å². The van der Waals surface area contributed by atoms with Gasteiger partial charge in [0.25, 0.3) is 0 Å². The van der Waals surface area contributed by atoms with Gasteiger partial charge in [0, 0.05) is 32.6 Å². The summed E-state index contributed by atoms with van der Waals surface area (Å²) in [6.07, 6.45) is 1.88. The first-order valence-electron chi connectivity index (χ1n) is 7.13. The fraction of sp³-hybridized carbons (Fsp3) is 0.571. The van der Waals surface area contributed by atoms with Crippen LogP contribution in [-0.4, -0.2) is 36.6 Å². The normalized spacial score (nSPS) is 17.9. The molecule has 2 heterocycles. The van der Waals surface area contributed by atoms with Gasteiger partial charge in [-0.25, -0.2) is 4.98 Å². The van der Waals surface area contributed by atoms with E-state index >= 15 is 0 Å². The van der Waals surface area contributed by atoms with Crippen molar-refractivity contribution in [2.75, 3.05) is 29.9 Å². The van der Waals surface area contributed by atoms with Gasteiger partial charge in [0.1, 0.15) is 11.6 Å². The van der Waals surface area contributed by atoms with E-state index in [1.807, 2.05) is 0 Å². The molecule has 1 fully saturated rings. The topological polar surface area (TPSA) is 57.3 Å². The second-order valence-electron chi connectivity index (χ2n) is 5.18. The number of rotatable bonds is 5. The third kappa shape index (κ3) is 4.14. The number of carbonyl (C=O) groups is 1. The quantitative estimate of drug-likeness (QED) is 0.871. The van der Waals surface area contributed by atoms with E-state index in [1.165, 1.54) is 6.92 Å². The van der Waals surface area contributed by atoms with Crippen LogP contribution in [0.3, 0.4) is 0 Å². The van der Waals surface area contributed by atoms with E-state index in [4.69, 9.17) is 23.2 Å². The maximum absolute atomic E-state index is 11.1. The Morgan fingerprint density at radius 3 is 2.90 bits per heavy atom. The first kappa shape index (κ1) is 16.2. The van der Waals surface area contributed by atoms with Crippen LogP contribution < -0.4 is 15.5 Å². The van der Waals surface area contributed by atoms with E-state index in [1.54, 1.807) is 6.07 Å². The minimum atomic E-state index is -0.0117. The van der Waals surface area contributed by atoms with Crippen molar-refractivity contribution in [3.05, 3.63) is 16.1 Å². The third-order valence-electron chi connectivity index (χ3n) is 3.35. The van der Waals surface area contributed by atoms with Crippen LogP contribution in [0.1, 0.15) is 26.7 Å². The average Bonchev–Trinajstić information content (AvgIpc) is 2.85. The zero-order valence-electron chi connectivity index (χ0n) is 12.2. The maximum Gasteiger partial charge on any atom is 0.217 e. The van der Waals surface area contributed by atoms with Crippen molar-refractivity contribution >= 4 is 40.7 Å². The first-order valence-corrected chi connectivity index (χ1v) is 7.88. The minimum absolute atomic E-state index is 0.0117. The molecule has 116 valence electrons. The molecule has 0 spiro atoms. The molecule has 0 radical (unpaired) electrons. The van der Waals surface area contributed by atoms with Gasteiger partial charge in [-0.2, -0.15) is 0 Å². The van der Waals surface area contributed by atoms with Crippen molar-refractivity contribution < 1.29 is 4.79 Å². The molecule has 1 aromatic rings. The minimum Gasteiger partial charge on any atom is -0.369 e. The van der Waals surface area contributed by atoms with E-state index in [-0.39, 0.29) is 11.9 Å². The summed E-state index contributed by atoms with van der Waals surface area (Å²) in [6.45, 7) is 5.94. The third-order valence-corrected chi connectivity index (χ3v) is 3.91. The second kappa shape index (κ2) is 7.18. The van der Waals surface area contributed by atoms with Crippen LogP contribution in [0.25, 0.3) is 0 Å². The van der Waals surface area contributed by atoms with Crippen LogP contribution in [0, 0.1) is 0 Å². The summed E-state index contributed by atoms with van der Waals surface area (Å²) in [6, 6.07) is 1.86. The highest BCUT2D eigenvalue weighted by atomic mass is 35.5. The molecule has 5 nitrogen and oxygen atoms in total. The van der Waals surface area contributed by atoms with Crippen molar-refractivity contribution in [2.24, 2.45) is 0 Å². The Balaban J connectivity index is 2.14. The number of nitrogens with one attached hydrogen (secondary N) is 2. The summed E-state index contributed by atoms with van der Waals surface area (Å²) < 4.78 is 0. The van der Waals surface area contributed by atoms with Crippen LogP contribution >= 0.6 is 23.2 Å². The number of halogens is 2. The van der Waals surface area contributed by atoms with E-state index in [0.29, 0.717) is 28.2 Å². The zero-order chi connectivity index (χ0) is 15.4. The molecule has 1 aromatic heterocycles. The summed E-state index contributed by atoms with van der Waals surface area (Å²) in [5, 5.41) is 7.18. The molecule has 7 heteroatoms. The summed E-state index contributed by atoms with van der Waals surface area (Å²) in [7, 11) is 0. The Morgan fingerprint density at radius 1 is 1.48 bits per heavy atom. The molecule has 1 aliphatic rings. The average molecular weight is 331 g/mol. The lowest BCUT2D eigenvalue weighted by Crippen LogP contribution is -2.35. The Labute approximate surface area is 135 Å². The van der Waals surface area contributed by atoms with Gasteiger partial charge in [-0.05, 0) is 18.9 Å². The largest absolute Gasteiger partial charge is 0.369 e. The van der Waals surface area contributed by atoms with Gasteiger partial charge in [-0.1, -0.05) is 30.1 Å². The highest BCUT2D eigenvalue weighted by molar-refractivity contribution is 6.37. The van der Waals surface area contributed by atoms with Gasteiger partial charge in [-0.15, -0.1) is 0 Å². The predicted molar refractivity (Wildman–Crippen MR) is 87.5 cm³/mol. The molecule has 0 saturated carbocycles. The molecule has 1 amide bonds. The number of anilines is 2. The van der Waals surface area contributed by atoms with Gasteiger partial charge in [0.05, 0.1) is 10.0 Å². The maximum atomic E-state index is 11.1. The highest BCUT2D eigenvalue weighted by Gasteiger charge is 2.26. The van der Waals surface area contributed by atoms with Crippen LogP contribution in [0.4, 0.5) is 11.6 Å². The van der Waals surface area contributed by atoms with Crippen molar-refractivity contribution in [1.82, 2.24) is 10.3 Å². The molecule has 21 heavy (non-hydrogen) atoms. The number of pyridine rings is 1. The van der Waals surface area contributed by atoms with Crippen molar-refractivity contribution in [3.8, 4) is 0 Å². The first-order chi connectivity index (χ1) is 10.0. The van der Waals surface area contributed by atoms with E-state index < -0.39 is 0 Å². The molecule has 1 atom stereocenters. The smallest absolute Gasteiger partial charge is 0.217 e. The molecular weight excluding hydrogens is 311 g/mol. The Hall–Kier alpha value is -1.20. The molecule has 1 saturated heterocycles. The Morgan fingerprint density at radius 2 is 2.24 bits per heavy atom. The van der Waals surface area contributed by atoms with Gasteiger partial charge in [0.2, 0.25) is 5.91 Å². The fourth-order valence-corrected chi connectivity index (χ4v) is 2.95. The van der Waals surface area contributed by atoms with Crippen molar-refractivity contribution in [2.45, 2.75) is 32.7 Å². The second-order valence-corrected chi connectivity index (χ2v) is 6.00. The lowest BCUT2D eigenvalue weighted by Gasteiger charge is -2.20. The number of nitrogens with zero attached hydrogens (tertiary/aromatic N) is 2. The number of hydrogen-bond donors (Lipinski definition) is 2. The predicted octanol–water partition coefficient (Wildman–Crippen LogP) is 2.93. The van der Waals surface area contributed by atoms with E-state index in [9.17, 15) is 4.79 Å². The van der Waals surface area contributed by atoms with Gasteiger partial charge < -0.3 is 15.5 Å². The summed E-state index contributed by atoms with van der Waals surface area (Å²) in [5.41, 5.74) is 0.